The average molecular weight is 468 g/mol. The molecule has 0 saturated carbocycles. The van der Waals surface area contributed by atoms with Gasteiger partial charge in [0.2, 0.25) is 10.0 Å². The standard InChI is InChI=1S/C25H29N3O4S/c1-32-18-26-25(29)23-11-12-24(22-10-6-5-9-21(22)23)33(30,31)27-20-13-15-28(16-14-20)17-19-7-3-2-4-8-19/h2-12,20,27H,13-18H2,1H3,(H,26,29). The number of carbonyl (C=O) groups is 1. The number of piperidine rings is 1. The fourth-order valence-corrected chi connectivity index (χ4v) is 5.79. The van der Waals surface area contributed by atoms with E-state index in [1.54, 1.807) is 30.3 Å². The maximum atomic E-state index is 13.3. The summed E-state index contributed by atoms with van der Waals surface area (Å²) in [5, 5.41) is 3.77. The van der Waals surface area contributed by atoms with Crippen LogP contribution in [0.5, 0.6) is 0 Å². The molecule has 0 aromatic heterocycles. The molecule has 174 valence electrons. The van der Waals surface area contributed by atoms with Crippen LogP contribution in [-0.4, -0.2) is 52.2 Å². The highest BCUT2D eigenvalue weighted by molar-refractivity contribution is 7.89. The highest BCUT2D eigenvalue weighted by Gasteiger charge is 2.26. The van der Waals surface area contributed by atoms with Crippen molar-refractivity contribution in [2.75, 3.05) is 26.9 Å². The first kappa shape index (κ1) is 23.4. The van der Waals surface area contributed by atoms with Crippen LogP contribution >= 0.6 is 0 Å². The third kappa shape index (κ3) is 5.59. The molecule has 8 heteroatoms. The van der Waals surface area contributed by atoms with E-state index in [4.69, 9.17) is 4.74 Å². The lowest BCUT2D eigenvalue weighted by Crippen LogP contribution is -2.44. The first-order valence-corrected chi connectivity index (χ1v) is 12.5. The van der Waals surface area contributed by atoms with Crippen LogP contribution in [0.4, 0.5) is 0 Å². The zero-order chi connectivity index (χ0) is 23.3. The van der Waals surface area contributed by atoms with Gasteiger partial charge in [-0.25, -0.2) is 13.1 Å². The smallest absolute Gasteiger partial charge is 0.253 e. The molecule has 1 aliphatic heterocycles. The Morgan fingerprint density at radius 1 is 0.970 bits per heavy atom. The molecule has 4 rings (SSSR count). The van der Waals surface area contributed by atoms with Crippen molar-refractivity contribution >= 4 is 26.7 Å². The Kier molecular flexibility index (Phi) is 7.39. The second-order valence-electron chi connectivity index (χ2n) is 8.25. The fraction of sp³-hybridized carbons (Fsp3) is 0.320. The number of nitrogens with one attached hydrogen (secondary N) is 2. The van der Waals surface area contributed by atoms with Gasteiger partial charge >= 0.3 is 0 Å². The summed E-state index contributed by atoms with van der Waals surface area (Å²) in [6.07, 6.45) is 1.50. The van der Waals surface area contributed by atoms with Crippen molar-refractivity contribution in [3.8, 4) is 0 Å². The van der Waals surface area contributed by atoms with Crippen LogP contribution in [-0.2, 0) is 21.3 Å². The minimum absolute atomic E-state index is 0.0811. The van der Waals surface area contributed by atoms with Crippen LogP contribution in [0.2, 0.25) is 0 Å². The Hall–Kier alpha value is -2.78. The molecule has 1 saturated heterocycles. The minimum atomic E-state index is -3.75. The first-order valence-electron chi connectivity index (χ1n) is 11.1. The van der Waals surface area contributed by atoms with Crippen LogP contribution in [0.3, 0.4) is 0 Å². The lowest BCUT2D eigenvalue weighted by molar-refractivity contribution is 0.0874. The number of hydrogen-bond donors (Lipinski definition) is 2. The van der Waals surface area contributed by atoms with Gasteiger partial charge in [-0.15, -0.1) is 0 Å². The number of benzene rings is 3. The fourth-order valence-electron chi connectivity index (χ4n) is 4.27. The number of hydrogen-bond acceptors (Lipinski definition) is 5. The highest BCUT2D eigenvalue weighted by Crippen LogP contribution is 2.27. The Morgan fingerprint density at radius 3 is 2.33 bits per heavy atom. The average Bonchev–Trinajstić information content (AvgIpc) is 2.83. The SMILES string of the molecule is COCNC(=O)c1ccc(S(=O)(=O)NC2CCN(Cc3ccccc3)CC2)c2ccccc12. The van der Waals surface area contributed by atoms with E-state index in [1.165, 1.54) is 18.7 Å². The molecule has 3 aromatic carbocycles. The molecule has 0 atom stereocenters. The van der Waals surface area contributed by atoms with E-state index in [0.29, 0.717) is 16.3 Å². The van der Waals surface area contributed by atoms with Crippen LogP contribution < -0.4 is 10.0 Å². The molecular weight excluding hydrogens is 438 g/mol. The van der Waals surface area contributed by atoms with E-state index in [9.17, 15) is 13.2 Å². The molecule has 0 spiro atoms. The number of likely N-dealkylation sites (tertiary alicyclic amines) is 1. The molecule has 1 heterocycles. The van der Waals surface area contributed by atoms with E-state index in [2.05, 4.69) is 27.1 Å². The van der Waals surface area contributed by atoms with E-state index in [-0.39, 0.29) is 23.6 Å². The molecule has 0 unspecified atom stereocenters. The van der Waals surface area contributed by atoms with Gasteiger partial charge in [-0.1, -0.05) is 54.6 Å². The molecule has 7 nitrogen and oxygen atoms in total. The number of rotatable bonds is 8. The number of fused-ring (bicyclic) bond motifs is 1. The molecule has 1 fully saturated rings. The van der Waals surface area contributed by atoms with Gasteiger partial charge < -0.3 is 10.1 Å². The van der Waals surface area contributed by atoms with Crippen molar-refractivity contribution in [2.24, 2.45) is 0 Å². The molecule has 2 N–H and O–H groups in total. The van der Waals surface area contributed by atoms with Gasteiger partial charge in [0.05, 0.1) is 4.90 Å². The molecular formula is C25H29N3O4S. The van der Waals surface area contributed by atoms with Crippen molar-refractivity contribution in [1.29, 1.82) is 0 Å². The number of amides is 1. The van der Waals surface area contributed by atoms with Crippen molar-refractivity contribution < 1.29 is 17.9 Å². The van der Waals surface area contributed by atoms with Gasteiger partial charge in [-0.05, 0) is 35.9 Å². The van der Waals surface area contributed by atoms with E-state index < -0.39 is 10.0 Å². The van der Waals surface area contributed by atoms with Crippen LogP contribution in [0.15, 0.2) is 71.6 Å². The van der Waals surface area contributed by atoms with Crippen molar-refractivity contribution in [1.82, 2.24) is 14.9 Å². The maximum absolute atomic E-state index is 13.3. The summed E-state index contributed by atoms with van der Waals surface area (Å²) in [4.78, 5) is 15.0. The van der Waals surface area contributed by atoms with Gasteiger partial charge in [-0.2, -0.15) is 0 Å². The van der Waals surface area contributed by atoms with Gasteiger partial charge in [0.15, 0.2) is 0 Å². The van der Waals surface area contributed by atoms with Crippen LogP contribution in [0.1, 0.15) is 28.8 Å². The summed E-state index contributed by atoms with van der Waals surface area (Å²) in [6, 6.07) is 20.3. The predicted molar refractivity (Wildman–Crippen MR) is 128 cm³/mol. The predicted octanol–water partition coefficient (Wildman–Crippen LogP) is 3.12. The summed E-state index contributed by atoms with van der Waals surface area (Å²) >= 11 is 0. The topological polar surface area (TPSA) is 87.7 Å². The summed E-state index contributed by atoms with van der Waals surface area (Å²) in [6.45, 7) is 2.62. The lowest BCUT2D eigenvalue weighted by Gasteiger charge is -2.32. The van der Waals surface area contributed by atoms with Crippen molar-refractivity contribution in [2.45, 2.75) is 30.3 Å². The van der Waals surface area contributed by atoms with Crippen molar-refractivity contribution in [3.63, 3.8) is 0 Å². The Labute approximate surface area is 194 Å². The van der Waals surface area contributed by atoms with Gasteiger partial charge in [0, 0.05) is 43.7 Å². The molecule has 3 aromatic rings. The number of sulfonamides is 1. The number of carbonyl (C=O) groups excluding carboxylic acids is 1. The maximum Gasteiger partial charge on any atom is 0.253 e. The quantitative estimate of drug-likeness (QED) is 0.497. The number of ether oxygens (including phenoxy) is 1. The van der Waals surface area contributed by atoms with E-state index in [0.717, 1.165) is 32.5 Å². The second kappa shape index (κ2) is 10.4. The minimum Gasteiger partial charge on any atom is -0.364 e. The molecule has 0 bridgehead atoms. The van der Waals surface area contributed by atoms with E-state index >= 15 is 0 Å². The summed E-state index contributed by atoms with van der Waals surface area (Å²) in [5.74, 6) is -0.309. The van der Waals surface area contributed by atoms with E-state index in [1.807, 2.05) is 18.2 Å². The largest absolute Gasteiger partial charge is 0.364 e. The van der Waals surface area contributed by atoms with Crippen LogP contribution in [0, 0.1) is 0 Å². The number of nitrogens with zero attached hydrogens (tertiary/aromatic N) is 1. The van der Waals surface area contributed by atoms with Gasteiger partial charge in [0.25, 0.3) is 5.91 Å². The van der Waals surface area contributed by atoms with Crippen molar-refractivity contribution in [3.05, 3.63) is 77.9 Å². The Morgan fingerprint density at radius 2 is 1.64 bits per heavy atom. The molecule has 0 aliphatic carbocycles. The molecule has 1 aliphatic rings. The Bertz CT molecular complexity index is 1210. The molecule has 1 amide bonds. The summed E-state index contributed by atoms with van der Waals surface area (Å²) in [7, 11) is -2.26. The highest BCUT2D eigenvalue weighted by atomic mass is 32.2. The first-order chi connectivity index (χ1) is 16.0. The monoisotopic (exact) mass is 467 g/mol. The van der Waals surface area contributed by atoms with Gasteiger partial charge in [0.1, 0.15) is 6.73 Å². The lowest BCUT2D eigenvalue weighted by atomic mass is 10.0. The third-order valence-electron chi connectivity index (χ3n) is 5.95. The molecule has 0 radical (unpaired) electrons. The van der Waals surface area contributed by atoms with Gasteiger partial charge in [-0.3, -0.25) is 9.69 Å². The zero-order valence-corrected chi connectivity index (χ0v) is 19.5. The second-order valence-corrected chi connectivity index (χ2v) is 9.94. The normalized spacial score (nSPS) is 15.5. The zero-order valence-electron chi connectivity index (χ0n) is 18.7. The summed E-state index contributed by atoms with van der Waals surface area (Å²) in [5.41, 5.74) is 1.67. The third-order valence-corrected chi connectivity index (χ3v) is 7.53. The molecule has 33 heavy (non-hydrogen) atoms. The summed E-state index contributed by atoms with van der Waals surface area (Å²) < 4.78 is 34.4. The Balaban J connectivity index is 1.48. The number of methoxy groups -OCH3 is 1. The van der Waals surface area contributed by atoms with Crippen LogP contribution in [0.25, 0.3) is 10.8 Å².